The van der Waals surface area contributed by atoms with E-state index in [-0.39, 0.29) is 24.6 Å². The van der Waals surface area contributed by atoms with Gasteiger partial charge in [-0.1, -0.05) is 23.7 Å². The van der Waals surface area contributed by atoms with Crippen LogP contribution in [0.25, 0.3) is 0 Å². The summed E-state index contributed by atoms with van der Waals surface area (Å²) in [5.41, 5.74) is 2.30. The molecule has 3 N–H and O–H groups in total. The summed E-state index contributed by atoms with van der Waals surface area (Å²) in [6.45, 7) is 8.06. The molecule has 248 valence electrons. The van der Waals surface area contributed by atoms with Crippen molar-refractivity contribution in [2.45, 2.75) is 39.3 Å². The van der Waals surface area contributed by atoms with Crippen LogP contribution in [0.1, 0.15) is 37.6 Å². The predicted molar refractivity (Wildman–Crippen MR) is 176 cm³/mol. The van der Waals surface area contributed by atoms with Gasteiger partial charge < -0.3 is 34.6 Å². The van der Waals surface area contributed by atoms with E-state index in [9.17, 15) is 19.5 Å². The van der Waals surface area contributed by atoms with Gasteiger partial charge in [0.1, 0.15) is 17.4 Å². The number of piperazine rings is 1. The third-order valence-corrected chi connectivity index (χ3v) is 7.50. The number of rotatable bonds is 9. The number of urea groups is 1. The Kier molecular flexibility index (Phi) is 11.3. The lowest BCUT2D eigenvalue weighted by Gasteiger charge is -2.34. The summed E-state index contributed by atoms with van der Waals surface area (Å²) in [4.78, 5) is 50.1. The topological polar surface area (TPSA) is 173 Å². The van der Waals surface area contributed by atoms with E-state index < -0.39 is 23.8 Å². The second-order valence-corrected chi connectivity index (χ2v) is 12.1. The maximum atomic E-state index is 13.3. The first kappa shape index (κ1) is 34.6. The van der Waals surface area contributed by atoms with Crippen LogP contribution in [0.4, 0.5) is 31.6 Å². The third-order valence-electron chi connectivity index (χ3n) is 7.15. The van der Waals surface area contributed by atoms with Gasteiger partial charge in [-0.05, 0) is 62.6 Å². The van der Waals surface area contributed by atoms with E-state index >= 15 is 0 Å². The lowest BCUT2D eigenvalue weighted by molar-refractivity contribution is 0.0235. The number of hydrogen-bond acceptors (Lipinski definition) is 9. The van der Waals surface area contributed by atoms with Crippen LogP contribution in [-0.2, 0) is 17.7 Å². The fourth-order valence-electron chi connectivity index (χ4n) is 4.78. The molecule has 2 heterocycles. The van der Waals surface area contributed by atoms with Gasteiger partial charge >= 0.3 is 18.2 Å². The first-order valence-electron chi connectivity index (χ1n) is 14.8. The summed E-state index contributed by atoms with van der Waals surface area (Å²) in [5, 5.41) is 23.6. The number of nitrogens with zero attached hydrogens (tertiary/aromatic N) is 6. The second-order valence-electron chi connectivity index (χ2n) is 11.7. The molecule has 0 radical (unpaired) electrons. The van der Waals surface area contributed by atoms with E-state index in [4.69, 9.17) is 26.3 Å². The number of amides is 4. The van der Waals surface area contributed by atoms with Gasteiger partial charge in [0.25, 0.3) is 0 Å². The number of carbonyl (C=O) groups excluding carboxylic acids is 2. The van der Waals surface area contributed by atoms with E-state index in [1.165, 1.54) is 24.4 Å². The Bertz CT molecular complexity index is 1610. The molecule has 2 aromatic carbocycles. The zero-order chi connectivity index (χ0) is 34.1. The Morgan fingerprint density at radius 1 is 1.06 bits per heavy atom. The van der Waals surface area contributed by atoms with Gasteiger partial charge in [-0.25, -0.2) is 24.4 Å². The van der Waals surface area contributed by atoms with Crippen LogP contribution >= 0.6 is 11.6 Å². The fourth-order valence-corrected chi connectivity index (χ4v) is 5.04. The average molecular weight is 665 g/mol. The number of hydrogen-bond donors (Lipinski definition) is 3. The largest absolute Gasteiger partial charge is 0.495 e. The molecule has 14 nitrogen and oxygen atoms in total. The number of anilines is 3. The molecule has 4 amide bonds. The minimum absolute atomic E-state index is 0.119. The molecule has 0 spiro atoms. The van der Waals surface area contributed by atoms with Crippen molar-refractivity contribution < 1.29 is 29.0 Å². The van der Waals surface area contributed by atoms with Crippen LogP contribution in [0, 0.1) is 11.3 Å². The van der Waals surface area contributed by atoms with Crippen LogP contribution in [0.2, 0.25) is 5.02 Å². The minimum Gasteiger partial charge on any atom is -0.495 e. The van der Waals surface area contributed by atoms with E-state index in [2.05, 4.69) is 25.5 Å². The molecule has 0 atom stereocenters. The molecule has 1 aromatic heterocycles. The smallest absolute Gasteiger partial charge is 0.410 e. The molecule has 1 fully saturated rings. The summed E-state index contributed by atoms with van der Waals surface area (Å²) in [6.07, 6.45) is 1.49. The molecule has 0 saturated carbocycles. The summed E-state index contributed by atoms with van der Waals surface area (Å²) < 4.78 is 11.2. The molecule has 0 bridgehead atoms. The Labute approximate surface area is 277 Å². The number of nitrogens with one attached hydrogen (secondary N) is 2. The van der Waals surface area contributed by atoms with Gasteiger partial charge in [0.05, 0.1) is 25.2 Å². The molecule has 4 rings (SSSR count). The van der Waals surface area contributed by atoms with Crippen molar-refractivity contribution in [3.8, 4) is 11.8 Å². The van der Waals surface area contributed by atoms with Crippen LogP contribution in [0.3, 0.4) is 0 Å². The summed E-state index contributed by atoms with van der Waals surface area (Å²) in [5.74, 6) is 0.507. The molecule has 1 saturated heterocycles. The standard InChI is InChI=1S/C32H37ClN8O6/c1-32(2,3)47-31(45)41(20-21-5-7-24(8-6-21)39-11-13-40(14-12-39)30(43)44)10-9-22-15-27(46-4)26(16-25(22)33)37-29(42)38-28-19-35-23(17-34)18-36-28/h5-8,15-16,18-19H,9-14,20H2,1-4H3,(H,43,44)(H2,36,37,38,42). The molecule has 1 aliphatic heterocycles. The maximum Gasteiger partial charge on any atom is 0.410 e. The van der Waals surface area contributed by atoms with Crippen molar-refractivity contribution in [3.63, 3.8) is 0 Å². The number of methoxy groups -OCH3 is 1. The quantitative estimate of drug-likeness (QED) is 0.267. The Morgan fingerprint density at radius 2 is 1.77 bits per heavy atom. The van der Waals surface area contributed by atoms with Crippen molar-refractivity contribution in [2.75, 3.05) is 55.4 Å². The van der Waals surface area contributed by atoms with E-state index in [0.29, 0.717) is 54.6 Å². The number of benzene rings is 2. The molecule has 3 aromatic rings. The van der Waals surface area contributed by atoms with Crippen LogP contribution in [0.5, 0.6) is 5.75 Å². The minimum atomic E-state index is -0.909. The third kappa shape index (κ3) is 9.85. The number of carboxylic acid groups (broad SMARTS) is 1. The van der Waals surface area contributed by atoms with E-state index in [1.807, 2.05) is 30.3 Å². The SMILES string of the molecule is COc1cc(CCN(Cc2ccc(N3CCN(C(=O)O)CC3)cc2)C(=O)OC(C)(C)C)c(Cl)cc1NC(=O)Nc1cnc(C#N)cn1. The van der Waals surface area contributed by atoms with Gasteiger partial charge in [-0.15, -0.1) is 0 Å². The van der Waals surface area contributed by atoms with E-state index in [1.54, 1.807) is 37.8 Å². The highest BCUT2D eigenvalue weighted by molar-refractivity contribution is 6.31. The average Bonchev–Trinajstić information content (AvgIpc) is 3.03. The van der Waals surface area contributed by atoms with Gasteiger partial charge in [-0.2, -0.15) is 5.26 Å². The first-order valence-corrected chi connectivity index (χ1v) is 15.2. The number of nitriles is 1. The molecule has 47 heavy (non-hydrogen) atoms. The van der Waals surface area contributed by atoms with Crippen LogP contribution in [0.15, 0.2) is 48.8 Å². The molecular formula is C32H37ClN8O6. The normalized spacial score (nSPS) is 12.9. The number of ether oxygens (including phenoxy) is 2. The maximum absolute atomic E-state index is 13.3. The van der Waals surface area contributed by atoms with Gasteiger partial charge in [0.15, 0.2) is 11.5 Å². The number of aromatic nitrogens is 2. The van der Waals surface area contributed by atoms with Crippen molar-refractivity contribution in [1.82, 2.24) is 19.8 Å². The summed E-state index contributed by atoms with van der Waals surface area (Å²) >= 11 is 6.63. The zero-order valence-electron chi connectivity index (χ0n) is 26.6. The number of carbonyl (C=O) groups is 3. The first-order chi connectivity index (χ1) is 22.3. The zero-order valence-corrected chi connectivity index (χ0v) is 27.4. The predicted octanol–water partition coefficient (Wildman–Crippen LogP) is 5.43. The van der Waals surface area contributed by atoms with Crippen LogP contribution in [-0.4, -0.2) is 88.5 Å². The second kappa shape index (κ2) is 15.3. The lowest BCUT2D eigenvalue weighted by Crippen LogP contribution is -2.48. The fraction of sp³-hybridized carbons (Fsp3) is 0.375. The van der Waals surface area contributed by atoms with E-state index in [0.717, 1.165) is 11.3 Å². The van der Waals surface area contributed by atoms with Gasteiger partial charge in [0.2, 0.25) is 0 Å². The Hall–Kier alpha value is -5.29. The molecule has 1 aliphatic rings. The number of halogens is 1. The van der Waals surface area contributed by atoms with Crippen molar-refractivity contribution >= 4 is 47.0 Å². The highest BCUT2D eigenvalue weighted by Gasteiger charge is 2.24. The summed E-state index contributed by atoms with van der Waals surface area (Å²) in [7, 11) is 1.46. The van der Waals surface area contributed by atoms with Crippen molar-refractivity contribution in [2.24, 2.45) is 0 Å². The lowest BCUT2D eigenvalue weighted by atomic mass is 10.1. The Balaban J connectivity index is 1.43. The summed E-state index contributed by atoms with van der Waals surface area (Å²) in [6, 6.07) is 12.3. The van der Waals surface area contributed by atoms with Crippen molar-refractivity contribution in [1.29, 1.82) is 5.26 Å². The monoisotopic (exact) mass is 664 g/mol. The van der Waals surface area contributed by atoms with Crippen LogP contribution < -0.4 is 20.3 Å². The highest BCUT2D eigenvalue weighted by Crippen LogP contribution is 2.32. The van der Waals surface area contributed by atoms with Crippen molar-refractivity contribution in [3.05, 3.63) is 70.6 Å². The molecular weight excluding hydrogens is 628 g/mol. The molecule has 0 unspecified atom stereocenters. The van der Waals surface area contributed by atoms with Gasteiger partial charge in [0, 0.05) is 50.0 Å². The van der Waals surface area contributed by atoms with Gasteiger partial charge in [-0.3, -0.25) is 5.32 Å². The molecule has 0 aliphatic carbocycles. The Morgan fingerprint density at radius 3 is 2.34 bits per heavy atom. The molecule has 15 heteroatoms. The highest BCUT2D eigenvalue weighted by atomic mass is 35.5.